The minimum atomic E-state index is -0.0620. The van der Waals surface area contributed by atoms with Crippen molar-refractivity contribution in [1.29, 1.82) is 0 Å². The molecule has 2 rings (SSSR count). The highest BCUT2D eigenvalue weighted by molar-refractivity contribution is 5.74. The van der Waals surface area contributed by atoms with Crippen molar-refractivity contribution in [3.63, 3.8) is 0 Å². The van der Waals surface area contributed by atoms with Gasteiger partial charge in [-0.2, -0.15) is 0 Å². The Morgan fingerprint density at radius 1 is 1.00 bits per heavy atom. The Labute approximate surface area is 146 Å². The van der Waals surface area contributed by atoms with Crippen LogP contribution in [0.15, 0.2) is 0 Å². The molecule has 0 spiro atoms. The zero-order valence-corrected chi connectivity index (χ0v) is 15.4. The fraction of sp³-hybridized carbons (Fsp3) is 0.889. The van der Waals surface area contributed by atoms with Crippen LogP contribution in [0.4, 0.5) is 4.79 Å². The van der Waals surface area contributed by atoms with Crippen LogP contribution in [0.1, 0.15) is 52.4 Å². The van der Waals surface area contributed by atoms with Gasteiger partial charge in [-0.25, -0.2) is 4.79 Å². The number of hydrogen-bond donors (Lipinski definition) is 2. The van der Waals surface area contributed by atoms with E-state index in [2.05, 4.69) is 22.5 Å². The number of nitrogens with zero attached hydrogens (tertiary/aromatic N) is 2. The highest BCUT2D eigenvalue weighted by Gasteiger charge is 2.24. The van der Waals surface area contributed by atoms with E-state index in [-0.39, 0.29) is 11.9 Å². The molecule has 0 aromatic rings. The van der Waals surface area contributed by atoms with Crippen molar-refractivity contribution in [2.45, 2.75) is 58.4 Å². The van der Waals surface area contributed by atoms with Crippen LogP contribution >= 0.6 is 0 Å². The van der Waals surface area contributed by atoms with Gasteiger partial charge in [-0.15, -0.1) is 0 Å². The first-order valence-electron chi connectivity index (χ1n) is 9.57. The Morgan fingerprint density at radius 3 is 2.38 bits per heavy atom. The van der Waals surface area contributed by atoms with Gasteiger partial charge < -0.3 is 20.4 Å². The Hall–Kier alpha value is -1.30. The number of carbonyl (C=O) groups excluding carboxylic acids is 2. The van der Waals surface area contributed by atoms with Gasteiger partial charge in [-0.1, -0.05) is 6.42 Å². The molecule has 0 bridgehead atoms. The van der Waals surface area contributed by atoms with Gasteiger partial charge in [-0.3, -0.25) is 4.79 Å². The van der Waals surface area contributed by atoms with Gasteiger partial charge in [0.1, 0.15) is 0 Å². The normalized spacial score (nSPS) is 23.1. The van der Waals surface area contributed by atoms with Crippen molar-refractivity contribution in [2.75, 3.05) is 39.3 Å². The zero-order valence-electron chi connectivity index (χ0n) is 15.4. The smallest absolute Gasteiger partial charge is 0.317 e. The number of hydrogen-bond acceptors (Lipinski definition) is 3. The molecule has 0 saturated carbocycles. The average molecular weight is 338 g/mol. The van der Waals surface area contributed by atoms with E-state index in [9.17, 15) is 9.59 Å². The lowest BCUT2D eigenvalue weighted by atomic mass is 9.92. The number of urea groups is 1. The molecule has 138 valence electrons. The van der Waals surface area contributed by atoms with Crippen LogP contribution in [-0.4, -0.2) is 67.0 Å². The summed E-state index contributed by atoms with van der Waals surface area (Å²) >= 11 is 0. The molecule has 0 radical (unpaired) electrons. The Balaban J connectivity index is 1.58. The Kier molecular flexibility index (Phi) is 7.82. The Bertz CT molecular complexity index is 408. The van der Waals surface area contributed by atoms with E-state index in [1.807, 2.05) is 4.90 Å². The highest BCUT2D eigenvalue weighted by atomic mass is 16.2. The molecule has 0 aromatic heterocycles. The largest absolute Gasteiger partial charge is 0.355 e. The molecule has 0 aromatic carbocycles. The standard InChI is InChI=1S/C18H34N4O2/c1-15-5-3-4-11-21(15)12-6-17-7-13-22(14-8-17)18(24)20-10-9-19-16(2)23/h15,17H,3-14H2,1-2H3,(H,19,23)(H,20,24)/t15-/m1/s1. The number of nitrogens with one attached hydrogen (secondary N) is 2. The predicted octanol–water partition coefficient (Wildman–Crippen LogP) is 1.81. The summed E-state index contributed by atoms with van der Waals surface area (Å²) in [5, 5.41) is 5.56. The summed E-state index contributed by atoms with van der Waals surface area (Å²) in [7, 11) is 0. The molecule has 1 atom stereocenters. The van der Waals surface area contributed by atoms with Crippen LogP contribution in [0.3, 0.4) is 0 Å². The summed E-state index contributed by atoms with van der Waals surface area (Å²) in [5.74, 6) is 0.690. The summed E-state index contributed by atoms with van der Waals surface area (Å²) in [6.07, 6.45) is 7.57. The Morgan fingerprint density at radius 2 is 1.71 bits per heavy atom. The van der Waals surface area contributed by atoms with E-state index in [1.165, 1.54) is 45.7 Å². The number of carbonyl (C=O) groups is 2. The minimum Gasteiger partial charge on any atom is -0.355 e. The van der Waals surface area contributed by atoms with Crippen molar-refractivity contribution in [3.8, 4) is 0 Å². The first-order chi connectivity index (χ1) is 11.6. The summed E-state index contributed by atoms with van der Waals surface area (Å²) in [6, 6.07) is 0.747. The third-order valence-corrected chi connectivity index (χ3v) is 5.44. The molecule has 2 saturated heterocycles. The quantitative estimate of drug-likeness (QED) is 0.726. The molecule has 6 nitrogen and oxygen atoms in total. The van der Waals surface area contributed by atoms with Gasteiger partial charge in [0.2, 0.25) is 5.91 Å². The molecule has 2 aliphatic heterocycles. The lowest BCUT2D eigenvalue weighted by molar-refractivity contribution is -0.118. The maximum atomic E-state index is 12.1. The van der Waals surface area contributed by atoms with Gasteiger partial charge in [0, 0.05) is 39.1 Å². The van der Waals surface area contributed by atoms with Crippen molar-refractivity contribution in [3.05, 3.63) is 0 Å². The first kappa shape index (κ1) is 19.0. The van der Waals surface area contributed by atoms with E-state index in [4.69, 9.17) is 0 Å². The molecule has 0 aliphatic carbocycles. The molecule has 2 aliphatic rings. The summed E-state index contributed by atoms with van der Waals surface area (Å²) in [5.41, 5.74) is 0. The number of rotatable bonds is 6. The van der Waals surface area contributed by atoms with E-state index in [0.29, 0.717) is 13.1 Å². The topological polar surface area (TPSA) is 64.7 Å². The minimum absolute atomic E-state index is 0.00320. The van der Waals surface area contributed by atoms with Gasteiger partial charge >= 0.3 is 6.03 Å². The zero-order chi connectivity index (χ0) is 17.4. The van der Waals surface area contributed by atoms with Gasteiger partial charge in [0.25, 0.3) is 0 Å². The highest BCUT2D eigenvalue weighted by Crippen LogP contribution is 2.23. The molecular formula is C18H34N4O2. The lowest BCUT2D eigenvalue weighted by Crippen LogP contribution is -2.46. The van der Waals surface area contributed by atoms with E-state index >= 15 is 0 Å². The van der Waals surface area contributed by atoms with Crippen LogP contribution in [-0.2, 0) is 4.79 Å². The number of likely N-dealkylation sites (tertiary alicyclic amines) is 2. The van der Waals surface area contributed by atoms with Gasteiger partial charge in [0.15, 0.2) is 0 Å². The van der Waals surface area contributed by atoms with Crippen LogP contribution in [0.25, 0.3) is 0 Å². The summed E-state index contributed by atoms with van der Waals surface area (Å²) < 4.78 is 0. The maximum Gasteiger partial charge on any atom is 0.317 e. The average Bonchev–Trinajstić information content (AvgIpc) is 2.58. The molecular weight excluding hydrogens is 304 g/mol. The molecule has 2 fully saturated rings. The maximum absolute atomic E-state index is 12.1. The number of amides is 3. The molecule has 2 heterocycles. The predicted molar refractivity (Wildman–Crippen MR) is 95.9 cm³/mol. The summed E-state index contributed by atoms with van der Waals surface area (Å²) in [6.45, 7) is 9.00. The third kappa shape index (κ3) is 6.30. The van der Waals surface area contributed by atoms with E-state index in [0.717, 1.165) is 37.9 Å². The van der Waals surface area contributed by atoms with Gasteiger partial charge in [0.05, 0.1) is 0 Å². The molecule has 3 amide bonds. The van der Waals surface area contributed by atoms with E-state index in [1.54, 1.807) is 0 Å². The first-order valence-corrected chi connectivity index (χ1v) is 9.57. The second-order valence-electron chi connectivity index (χ2n) is 7.31. The monoisotopic (exact) mass is 338 g/mol. The van der Waals surface area contributed by atoms with Crippen molar-refractivity contribution in [1.82, 2.24) is 20.4 Å². The SMILES string of the molecule is CC(=O)NCCNC(=O)N1CCC(CCN2CCCC[C@H]2C)CC1. The van der Waals surface area contributed by atoms with Crippen molar-refractivity contribution >= 4 is 11.9 Å². The molecule has 24 heavy (non-hydrogen) atoms. The molecule has 0 unspecified atom stereocenters. The fourth-order valence-corrected chi connectivity index (χ4v) is 3.78. The fourth-order valence-electron chi connectivity index (χ4n) is 3.78. The van der Waals surface area contributed by atoms with Crippen LogP contribution < -0.4 is 10.6 Å². The second kappa shape index (κ2) is 9.87. The lowest BCUT2D eigenvalue weighted by Gasteiger charge is -2.36. The van der Waals surface area contributed by atoms with Crippen molar-refractivity contribution < 1.29 is 9.59 Å². The second-order valence-corrected chi connectivity index (χ2v) is 7.31. The van der Waals surface area contributed by atoms with Crippen LogP contribution in [0.5, 0.6) is 0 Å². The van der Waals surface area contributed by atoms with E-state index < -0.39 is 0 Å². The van der Waals surface area contributed by atoms with Gasteiger partial charge in [-0.05, 0) is 58.0 Å². The molecule has 2 N–H and O–H groups in total. The van der Waals surface area contributed by atoms with Crippen LogP contribution in [0.2, 0.25) is 0 Å². The van der Waals surface area contributed by atoms with Crippen LogP contribution in [0, 0.1) is 5.92 Å². The summed E-state index contributed by atoms with van der Waals surface area (Å²) in [4.78, 5) is 27.4. The number of piperidine rings is 2. The molecule has 6 heteroatoms. The third-order valence-electron chi connectivity index (χ3n) is 5.44. The van der Waals surface area contributed by atoms with Crippen molar-refractivity contribution in [2.24, 2.45) is 5.92 Å².